The van der Waals surface area contributed by atoms with Crippen molar-refractivity contribution in [3.8, 4) is 17.7 Å². The number of nitrogens with zero attached hydrogens (tertiary/aromatic N) is 4. The quantitative estimate of drug-likeness (QED) is 0.485. The van der Waals surface area contributed by atoms with Crippen LogP contribution in [0.2, 0.25) is 0 Å². The predicted octanol–water partition coefficient (Wildman–Crippen LogP) is 5.68. The third-order valence-corrected chi connectivity index (χ3v) is 7.28. The average molecular weight is 473 g/mol. The summed E-state index contributed by atoms with van der Waals surface area (Å²) in [4.78, 5) is 21.9. The lowest BCUT2D eigenvalue weighted by atomic mass is 9.86. The van der Waals surface area contributed by atoms with Crippen LogP contribution in [-0.4, -0.2) is 35.4 Å². The molecular weight excluding hydrogens is 440 g/mol. The first-order chi connectivity index (χ1) is 16.8. The minimum Gasteiger partial charge on any atom is -0.459 e. The maximum Gasteiger partial charge on any atom is 0.266 e. The molecule has 0 spiro atoms. The molecule has 2 aliphatic rings. The second kappa shape index (κ2) is 9.26. The summed E-state index contributed by atoms with van der Waals surface area (Å²) in [6.45, 7) is 8.77. The van der Waals surface area contributed by atoms with Gasteiger partial charge in [0.05, 0.1) is 12.3 Å². The first kappa shape index (κ1) is 23.2. The molecule has 4 heterocycles. The van der Waals surface area contributed by atoms with Crippen LogP contribution in [0.4, 0.5) is 5.88 Å². The molecule has 0 saturated carbocycles. The summed E-state index contributed by atoms with van der Waals surface area (Å²) in [5, 5.41) is 9.55. The van der Waals surface area contributed by atoms with Crippen molar-refractivity contribution >= 4 is 11.8 Å². The van der Waals surface area contributed by atoms with Gasteiger partial charge in [-0.2, -0.15) is 10.2 Å². The number of nitriles is 1. The first-order valence-corrected chi connectivity index (χ1v) is 12.5. The van der Waals surface area contributed by atoms with Gasteiger partial charge >= 0.3 is 0 Å². The lowest BCUT2D eigenvalue weighted by molar-refractivity contribution is -0.137. The van der Waals surface area contributed by atoms with Gasteiger partial charge in [0, 0.05) is 25.6 Å². The van der Waals surface area contributed by atoms with Crippen LogP contribution in [0.3, 0.4) is 0 Å². The summed E-state index contributed by atoms with van der Waals surface area (Å²) in [5.41, 5.74) is 2.90. The van der Waals surface area contributed by atoms with E-state index in [0.29, 0.717) is 30.6 Å². The van der Waals surface area contributed by atoms with Gasteiger partial charge in [0.15, 0.2) is 5.76 Å². The van der Waals surface area contributed by atoms with E-state index < -0.39 is 0 Å². The van der Waals surface area contributed by atoms with Crippen molar-refractivity contribution in [1.29, 1.82) is 5.26 Å². The van der Waals surface area contributed by atoms with Crippen LogP contribution in [-0.2, 0) is 10.2 Å². The molecule has 0 radical (unpaired) electrons. The van der Waals surface area contributed by atoms with E-state index in [1.54, 1.807) is 18.4 Å². The number of hydrogen-bond acceptors (Lipinski definition) is 6. The SMILES string of the molecule is CC(C)(C)c1ccc(C2CCCN2C(=O)C2CCN(c3oc(-c4ccco4)nc3C#N)CC2)cc1. The molecule has 1 aromatic carbocycles. The molecule has 1 atom stereocenters. The average Bonchev–Trinajstić information content (AvgIpc) is 3.63. The third kappa shape index (κ3) is 4.58. The highest BCUT2D eigenvalue weighted by molar-refractivity contribution is 5.80. The number of piperidine rings is 1. The Bertz CT molecular complexity index is 1210. The summed E-state index contributed by atoms with van der Waals surface area (Å²) in [6.07, 6.45) is 5.06. The molecule has 2 fully saturated rings. The summed E-state index contributed by atoms with van der Waals surface area (Å²) < 4.78 is 11.3. The van der Waals surface area contributed by atoms with Gasteiger partial charge in [0.25, 0.3) is 5.89 Å². The Morgan fingerprint density at radius 1 is 1.09 bits per heavy atom. The van der Waals surface area contributed by atoms with E-state index >= 15 is 0 Å². The van der Waals surface area contributed by atoms with Crippen molar-refractivity contribution in [2.45, 2.75) is 57.9 Å². The van der Waals surface area contributed by atoms with Crippen molar-refractivity contribution < 1.29 is 13.6 Å². The van der Waals surface area contributed by atoms with Gasteiger partial charge in [-0.1, -0.05) is 45.0 Å². The smallest absolute Gasteiger partial charge is 0.266 e. The zero-order valence-electron chi connectivity index (χ0n) is 20.7. The topological polar surface area (TPSA) is 86.5 Å². The van der Waals surface area contributed by atoms with E-state index in [-0.39, 0.29) is 29.0 Å². The Morgan fingerprint density at radius 2 is 1.83 bits per heavy atom. The van der Waals surface area contributed by atoms with E-state index in [1.165, 1.54) is 11.1 Å². The number of furan rings is 1. The van der Waals surface area contributed by atoms with E-state index in [1.807, 2.05) is 4.90 Å². The van der Waals surface area contributed by atoms with E-state index in [4.69, 9.17) is 8.83 Å². The van der Waals surface area contributed by atoms with Crippen LogP contribution < -0.4 is 4.90 Å². The van der Waals surface area contributed by atoms with E-state index in [9.17, 15) is 10.1 Å². The maximum absolute atomic E-state index is 13.5. The highest BCUT2D eigenvalue weighted by atomic mass is 16.4. The van der Waals surface area contributed by atoms with Crippen LogP contribution in [0.1, 0.15) is 69.3 Å². The molecule has 0 N–H and O–H groups in total. The molecule has 1 unspecified atom stereocenters. The summed E-state index contributed by atoms with van der Waals surface area (Å²) in [5.74, 6) is 1.49. The predicted molar refractivity (Wildman–Crippen MR) is 133 cm³/mol. The molecular formula is C28H32N4O3. The number of oxazole rings is 1. The van der Waals surface area contributed by atoms with Crippen molar-refractivity contribution in [2.24, 2.45) is 5.92 Å². The van der Waals surface area contributed by atoms with Crippen LogP contribution >= 0.6 is 0 Å². The second-order valence-electron chi connectivity index (χ2n) is 10.6. The molecule has 3 aromatic rings. The van der Waals surface area contributed by atoms with Crippen LogP contribution in [0.25, 0.3) is 11.7 Å². The molecule has 2 aliphatic heterocycles. The summed E-state index contributed by atoms with van der Waals surface area (Å²) in [7, 11) is 0. The molecule has 2 aromatic heterocycles. The van der Waals surface area contributed by atoms with E-state index in [0.717, 1.165) is 32.2 Å². The van der Waals surface area contributed by atoms with Crippen molar-refractivity contribution in [2.75, 3.05) is 24.5 Å². The molecule has 7 nitrogen and oxygen atoms in total. The fraction of sp³-hybridized carbons (Fsp3) is 0.464. The van der Waals surface area contributed by atoms with E-state index in [2.05, 4.69) is 61.0 Å². The Morgan fingerprint density at radius 3 is 2.46 bits per heavy atom. The molecule has 7 heteroatoms. The van der Waals surface area contributed by atoms with Gasteiger partial charge in [0.1, 0.15) is 6.07 Å². The molecule has 0 bridgehead atoms. The fourth-order valence-electron chi connectivity index (χ4n) is 5.25. The fourth-order valence-corrected chi connectivity index (χ4v) is 5.25. The van der Waals surface area contributed by atoms with Crippen LogP contribution in [0, 0.1) is 17.2 Å². The number of rotatable bonds is 4. The maximum atomic E-state index is 13.5. The number of amides is 1. The van der Waals surface area contributed by atoms with Gasteiger partial charge in [0.2, 0.25) is 17.5 Å². The molecule has 35 heavy (non-hydrogen) atoms. The Kier molecular flexibility index (Phi) is 6.14. The molecule has 182 valence electrons. The monoisotopic (exact) mass is 472 g/mol. The number of likely N-dealkylation sites (tertiary alicyclic amines) is 1. The normalized spacial score (nSPS) is 19.2. The highest BCUT2D eigenvalue weighted by Gasteiger charge is 2.36. The van der Waals surface area contributed by atoms with Gasteiger partial charge in [-0.05, 0) is 54.4 Å². The molecule has 5 rings (SSSR count). The van der Waals surface area contributed by atoms with Gasteiger partial charge in [-0.15, -0.1) is 0 Å². The number of hydrogen-bond donors (Lipinski definition) is 0. The lowest BCUT2D eigenvalue weighted by Gasteiger charge is -2.35. The minimum atomic E-state index is -0.0151. The second-order valence-corrected chi connectivity index (χ2v) is 10.6. The Labute approximate surface area is 206 Å². The number of anilines is 1. The van der Waals surface area contributed by atoms with Crippen LogP contribution in [0.15, 0.2) is 51.5 Å². The standard InChI is InChI=1S/C28H32N4O3/c1-28(2,3)21-10-8-19(9-11-21)23-6-4-14-32(23)26(33)20-12-15-31(16-13-20)27-22(18-29)30-25(35-27)24-7-5-17-34-24/h5,7-11,17,20,23H,4,6,12-16H2,1-3H3. The van der Waals surface area contributed by atoms with Crippen molar-refractivity contribution in [3.63, 3.8) is 0 Å². The molecule has 1 amide bonds. The Balaban J connectivity index is 1.25. The third-order valence-electron chi connectivity index (χ3n) is 7.28. The highest BCUT2D eigenvalue weighted by Crippen LogP contribution is 2.37. The van der Waals surface area contributed by atoms with Crippen molar-refractivity contribution in [3.05, 3.63) is 59.5 Å². The number of carbonyl (C=O) groups is 1. The lowest BCUT2D eigenvalue weighted by Crippen LogP contribution is -2.42. The zero-order chi connectivity index (χ0) is 24.6. The van der Waals surface area contributed by atoms with Crippen molar-refractivity contribution in [1.82, 2.24) is 9.88 Å². The van der Waals surface area contributed by atoms with Gasteiger partial charge in [-0.3, -0.25) is 4.79 Å². The number of aromatic nitrogens is 1. The number of benzene rings is 1. The Hall–Kier alpha value is -3.53. The number of carbonyl (C=O) groups excluding carboxylic acids is 1. The molecule has 2 saturated heterocycles. The minimum absolute atomic E-state index is 0.0151. The zero-order valence-corrected chi connectivity index (χ0v) is 20.7. The van der Waals surface area contributed by atoms with Gasteiger partial charge in [-0.25, -0.2) is 0 Å². The summed E-state index contributed by atoms with van der Waals surface area (Å²) >= 11 is 0. The first-order valence-electron chi connectivity index (χ1n) is 12.5. The van der Waals surface area contributed by atoms with Gasteiger partial charge < -0.3 is 18.6 Å². The molecule has 0 aliphatic carbocycles. The summed E-state index contributed by atoms with van der Waals surface area (Å²) in [6, 6.07) is 14.6. The van der Waals surface area contributed by atoms with Crippen LogP contribution in [0.5, 0.6) is 0 Å². The largest absolute Gasteiger partial charge is 0.459 e.